The Morgan fingerprint density at radius 2 is 1.70 bits per heavy atom. The normalized spacial score (nSPS) is 10.7. The third-order valence-electron chi connectivity index (χ3n) is 5.03. The molecular weight excluding hydrogens is 605 g/mol. The minimum Gasteiger partial charge on any atom is -0.402 e. The molecular formula is C24H14F2N6Pt. The van der Waals surface area contributed by atoms with Crippen molar-refractivity contribution in [2.75, 3.05) is 0 Å². The van der Waals surface area contributed by atoms with Crippen molar-refractivity contribution in [2.24, 2.45) is 0 Å². The van der Waals surface area contributed by atoms with Crippen LogP contribution in [0.25, 0.3) is 17.1 Å². The molecule has 0 aliphatic carbocycles. The van der Waals surface area contributed by atoms with Crippen molar-refractivity contribution < 1.29 is 29.8 Å². The summed E-state index contributed by atoms with van der Waals surface area (Å²) >= 11 is 0. The zero-order valence-corrected chi connectivity index (χ0v) is 19.6. The molecule has 0 bridgehead atoms. The molecule has 0 saturated carbocycles. The first-order valence-electron chi connectivity index (χ1n) is 9.48. The fraction of sp³-hybridized carbons (Fsp3) is 0.125. The van der Waals surface area contributed by atoms with E-state index in [1.54, 1.807) is 36.4 Å². The zero-order chi connectivity index (χ0) is 22.9. The molecule has 1 aromatic carbocycles. The smallest absolute Gasteiger partial charge is 0.402 e. The van der Waals surface area contributed by atoms with Gasteiger partial charge in [-0.25, -0.2) is 10.5 Å². The van der Waals surface area contributed by atoms with E-state index in [4.69, 9.17) is 5.26 Å². The summed E-state index contributed by atoms with van der Waals surface area (Å²) < 4.78 is 28.8. The third-order valence-corrected chi connectivity index (χ3v) is 5.03. The first-order valence-corrected chi connectivity index (χ1v) is 9.48. The SMILES string of the molecule is CC(C)(c1cccc(-c2[c-]cc(F)cc2F)n1)c1cccc(-n2[c-]nc(C#N)c2C#N)n1.[Pt+2]. The van der Waals surface area contributed by atoms with Crippen molar-refractivity contribution in [3.63, 3.8) is 0 Å². The van der Waals surface area contributed by atoms with Crippen LogP contribution in [0.1, 0.15) is 36.6 Å². The molecule has 0 aliphatic heterocycles. The summed E-state index contributed by atoms with van der Waals surface area (Å²) in [7, 11) is 0. The molecule has 4 aromatic rings. The van der Waals surface area contributed by atoms with E-state index in [1.165, 1.54) is 4.57 Å². The van der Waals surface area contributed by atoms with E-state index in [-0.39, 0.29) is 38.0 Å². The van der Waals surface area contributed by atoms with Crippen LogP contribution < -0.4 is 0 Å². The number of imidazole rings is 1. The second kappa shape index (κ2) is 9.40. The van der Waals surface area contributed by atoms with E-state index in [0.29, 0.717) is 22.9 Å². The maximum Gasteiger partial charge on any atom is 2.00 e. The predicted octanol–water partition coefficient (Wildman–Crippen LogP) is 4.27. The molecule has 0 fully saturated rings. The number of nitrogens with zero attached hydrogens (tertiary/aromatic N) is 6. The van der Waals surface area contributed by atoms with Crippen molar-refractivity contribution in [1.82, 2.24) is 19.5 Å². The molecule has 3 aromatic heterocycles. The van der Waals surface area contributed by atoms with Gasteiger partial charge >= 0.3 is 21.1 Å². The first-order chi connectivity index (χ1) is 15.3. The van der Waals surface area contributed by atoms with Crippen molar-refractivity contribution in [2.45, 2.75) is 19.3 Å². The molecule has 0 saturated heterocycles. The molecule has 0 atom stereocenters. The number of hydrogen-bond donors (Lipinski definition) is 0. The molecule has 4 rings (SSSR count). The van der Waals surface area contributed by atoms with Crippen molar-refractivity contribution >= 4 is 0 Å². The maximum atomic E-state index is 14.2. The van der Waals surface area contributed by atoms with Crippen LogP contribution in [0.2, 0.25) is 0 Å². The van der Waals surface area contributed by atoms with Crippen molar-refractivity contribution in [1.29, 1.82) is 10.5 Å². The van der Waals surface area contributed by atoms with E-state index in [0.717, 1.165) is 12.1 Å². The maximum absolute atomic E-state index is 14.2. The summed E-state index contributed by atoms with van der Waals surface area (Å²) in [5, 5.41) is 18.5. The Morgan fingerprint density at radius 3 is 2.36 bits per heavy atom. The van der Waals surface area contributed by atoms with Crippen LogP contribution in [0.5, 0.6) is 0 Å². The molecule has 0 amide bonds. The van der Waals surface area contributed by atoms with E-state index >= 15 is 0 Å². The Kier molecular flexibility index (Phi) is 6.81. The molecule has 0 radical (unpaired) electrons. The number of pyridine rings is 2. The van der Waals surface area contributed by atoms with Gasteiger partial charge < -0.3 is 14.5 Å². The Hall–Kier alpha value is -3.74. The summed E-state index contributed by atoms with van der Waals surface area (Å²) in [4.78, 5) is 13.0. The number of hydrogen-bond acceptors (Lipinski definition) is 5. The van der Waals surface area contributed by atoms with Gasteiger partial charge in [0.1, 0.15) is 0 Å². The van der Waals surface area contributed by atoms with Crippen LogP contribution in [0, 0.1) is 46.7 Å². The van der Waals surface area contributed by atoms with Gasteiger partial charge in [0.15, 0.2) is 0 Å². The summed E-state index contributed by atoms with van der Waals surface area (Å²) in [5.74, 6) is -1.09. The molecule has 0 N–H and O–H groups in total. The molecule has 0 spiro atoms. The van der Waals surface area contributed by atoms with Crippen LogP contribution in [-0.2, 0) is 26.5 Å². The topological polar surface area (TPSA) is 91.2 Å². The molecule has 9 heteroatoms. The predicted molar refractivity (Wildman–Crippen MR) is 110 cm³/mol. The van der Waals surface area contributed by atoms with Gasteiger partial charge in [-0.2, -0.15) is 0 Å². The Labute approximate surface area is 203 Å². The largest absolute Gasteiger partial charge is 2.00 e. The van der Waals surface area contributed by atoms with Crippen LogP contribution >= 0.6 is 0 Å². The minimum atomic E-state index is -0.749. The first kappa shape index (κ1) is 23.9. The third kappa shape index (κ3) is 4.44. The fourth-order valence-corrected chi connectivity index (χ4v) is 3.25. The van der Waals surface area contributed by atoms with Gasteiger partial charge in [0.2, 0.25) is 0 Å². The standard InChI is InChI=1S/C24H14F2N6.Pt/c1-24(2,21-6-3-5-18(30-21)16-10-9-15(25)11-17(16)26)22-7-4-8-23(31-22)32-14-29-19(12-27)20(32)13-28;/h3-9,11H,1-2H3;/q-2;+2. The number of rotatable bonds is 4. The molecule has 0 unspecified atom stereocenters. The molecule has 33 heavy (non-hydrogen) atoms. The van der Waals surface area contributed by atoms with Gasteiger partial charge in [-0.05, 0) is 31.7 Å². The number of aromatic nitrogens is 4. The molecule has 6 nitrogen and oxygen atoms in total. The molecule has 164 valence electrons. The van der Waals surface area contributed by atoms with Crippen molar-refractivity contribution in [3.05, 3.63) is 95.3 Å². The van der Waals surface area contributed by atoms with Crippen LogP contribution in [0.3, 0.4) is 0 Å². The molecule has 3 heterocycles. The van der Waals surface area contributed by atoms with Gasteiger partial charge in [0.25, 0.3) is 0 Å². The van der Waals surface area contributed by atoms with Gasteiger partial charge in [-0.1, -0.05) is 35.9 Å². The summed E-state index contributed by atoms with van der Waals surface area (Å²) in [5.41, 5.74) is 0.897. The van der Waals surface area contributed by atoms with Crippen LogP contribution in [-0.4, -0.2) is 19.5 Å². The summed E-state index contributed by atoms with van der Waals surface area (Å²) in [6.45, 7) is 3.80. The van der Waals surface area contributed by atoms with Crippen molar-refractivity contribution in [3.8, 4) is 29.2 Å². The average molecular weight is 619 g/mol. The summed E-state index contributed by atoms with van der Waals surface area (Å²) in [6, 6.07) is 18.6. The monoisotopic (exact) mass is 619 g/mol. The summed E-state index contributed by atoms with van der Waals surface area (Å²) in [6.07, 6.45) is 2.62. The Bertz CT molecular complexity index is 1420. The van der Waals surface area contributed by atoms with Gasteiger partial charge in [0.05, 0.1) is 23.7 Å². The number of nitriles is 2. The van der Waals surface area contributed by atoms with E-state index in [2.05, 4.69) is 27.3 Å². The molecule has 0 aliphatic rings. The minimum absolute atomic E-state index is 0. The van der Waals surface area contributed by atoms with Gasteiger partial charge in [-0.3, -0.25) is 13.8 Å². The zero-order valence-electron chi connectivity index (χ0n) is 17.4. The van der Waals surface area contributed by atoms with E-state index in [1.807, 2.05) is 26.0 Å². The van der Waals surface area contributed by atoms with E-state index in [9.17, 15) is 14.0 Å². The van der Waals surface area contributed by atoms with Gasteiger partial charge in [-0.15, -0.1) is 12.1 Å². The Morgan fingerprint density at radius 1 is 1.00 bits per heavy atom. The quantitative estimate of drug-likeness (QED) is 0.319. The second-order valence-electron chi connectivity index (χ2n) is 7.42. The van der Waals surface area contributed by atoms with E-state index < -0.39 is 17.0 Å². The van der Waals surface area contributed by atoms with Crippen LogP contribution in [0.15, 0.2) is 48.5 Å². The van der Waals surface area contributed by atoms with Gasteiger partial charge in [0, 0.05) is 40.5 Å². The average Bonchev–Trinajstić information content (AvgIpc) is 3.22. The second-order valence-corrected chi connectivity index (χ2v) is 7.42. The number of halogens is 2. The Balaban J connectivity index is 0.00000306. The van der Waals surface area contributed by atoms with Crippen LogP contribution in [0.4, 0.5) is 8.78 Å². The fourth-order valence-electron chi connectivity index (χ4n) is 3.25. The number of benzene rings is 1.